The quantitative estimate of drug-likeness (QED) is 0.698. The van der Waals surface area contributed by atoms with E-state index in [0.29, 0.717) is 15.6 Å². The molecule has 0 spiro atoms. The maximum atomic E-state index is 11.8. The molecule has 0 bridgehead atoms. The lowest BCUT2D eigenvalue weighted by Gasteiger charge is -2.23. The molecule has 1 N–H and O–H groups in total. The van der Waals surface area contributed by atoms with Crippen LogP contribution in [0.15, 0.2) is 24.3 Å². The Morgan fingerprint density at radius 3 is 2.50 bits per heavy atom. The lowest BCUT2D eigenvalue weighted by molar-refractivity contribution is 0.0695. The first kappa shape index (κ1) is 20.2. The third-order valence-corrected chi connectivity index (χ3v) is 5.13. The summed E-state index contributed by atoms with van der Waals surface area (Å²) in [7, 11) is 1.46. The van der Waals surface area contributed by atoms with E-state index in [4.69, 9.17) is 21.1 Å². The molecule has 138 valence electrons. The molecule has 1 heterocycles. The van der Waals surface area contributed by atoms with E-state index in [1.54, 1.807) is 6.07 Å². The van der Waals surface area contributed by atoms with Gasteiger partial charge in [-0.05, 0) is 24.3 Å². The number of aromatic carboxylic acids is 1. The minimum atomic E-state index is -1.05. The molecule has 0 aliphatic carbocycles. The van der Waals surface area contributed by atoms with Gasteiger partial charge in [0.15, 0.2) is 10.6 Å². The van der Waals surface area contributed by atoms with E-state index in [0.717, 1.165) is 22.5 Å². The number of carboxylic acids is 1. The second-order valence-electron chi connectivity index (χ2n) is 6.73. The summed E-state index contributed by atoms with van der Waals surface area (Å²) in [6, 6.07) is 7.35. The topological polar surface area (TPSA) is 55.8 Å². The largest absolute Gasteiger partial charge is 0.484 e. The Hall–Kier alpha value is -2.16. The molecule has 6 heteroatoms. The van der Waals surface area contributed by atoms with Crippen LogP contribution < -0.4 is 4.74 Å². The van der Waals surface area contributed by atoms with Crippen LogP contribution in [0.2, 0.25) is 5.02 Å². The van der Waals surface area contributed by atoms with Crippen molar-refractivity contribution in [3.05, 3.63) is 50.2 Å². The van der Waals surface area contributed by atoms with Crippen molar-refractivity contribution in [3.63, 3.8) is 0 Å². The number of carboxylic acid groups (broad SMARTS) is 1. The number of ether oxygens (including phenoxy) is 2. The summed E-state index contributed by atoms with van der Waals surface area (Å²) in [6.07, 6.45) is 2.13. The fraction of sp³-hybridized carbons (Fsp3) is 0.350. The maximum absolute atomic E-state index is 11.8. The van der Waals surface area contributed by atoms with Crippen LogP contribution in [0, 0.1) is 12.0 Å². The fourth-order valence-electron chi connectivity index (χ4n) is 2.58. The molecule has 0 fully saturated rings. The van der Waals surface area contributed by atoms with Crippen LogP contribution >= 0.6 is 22.9 Å². The third kappa shape index (κ3) is 4.32. The van der Waals surface area contributed by atoms with Gasteiger partial charge in [0, 0.05) is 16.1 Å². The van der Waals surface area contributed by atoms with Crippen LogP contribution in [0.5, 0.6) is 5.75 Å². The number of hydrogen-bond donors (Lipinski definition) is 1. The van der Waals surface area contributed by atoms with Crippen LogP contribution in [0.4, 0.5) is 0 Å². The number of halogens is 1. The summed E-state index contributed by atoms with van der Waals surface area (Å²) >= 11 is 7.35. The van der Waals surface area contributed by atoms with Gasteiger partial charge in [-0.1, -0.05) is 50.6 Å². The molecule has 1 atom stereocenters. The second kappa shape index (κ2) is 8.03. The molecule has 0 aliphatic rings. The van der Waals surface area contributed by atoms with E-state index in [1.165, 1.54) is 7.11 Å². The minimum absolute atomic E-state index is 0.120. The molecule has 4 nitrogen and oxygen atoms in total. The first-order valence-corrected chi connectivity index (χ1v) is 9.21. The minimum Gasteiger partial charge on any atom is -0.484 e. The Morgan fingerprint density at radius 1 is 1.31 bits per heavy atom. The van der Waals surface area contributed by atoms with Crippen molar-refractivity contribution in [2.75, 3.05) is 7.11 Å². The normalized spacial score (nSPS) is 12.1. The summed E-state index contributed by atoms with van der Waals surface area (Å²) < 4.78 is 11.0. The van der Waals surface area contributed by atoms with E-state index < -0.39 is 12.1 Å². The number of hydrogen-bond acceptors (Lipinski definition) is 4. The highest BCUT2D eigenvalue weighted by atomic mass is 35.5. The van der Waals surface area contributed by atoms with Gasteiger partial charge in [-0.2, -0.15) is 0 Å². The van der Waals surface area contributed by atoms with Crippen LogP contribution in [-0.4, -0.2) is 18.2 Å². The molecular formula is C20H21ClO4S. The molecule has 2 aromatic rings. The predicted molar refractivity (Wildman–Crippen MR) is 104 cm³/mol. The summed E-state index contributed by atoms with van der Waals surface area (Å²) in [5.41, 5.74) is 1.18. The van der Waals surface area contributed by atoms with Crippen molar-refractivity contribution in [3.8, 4) is 17.8 Å². The van der Waals surface area contributed by atoms with Crippen LogP contribution in [0.1, 0.15) is 59.5 Å². The van der Waals surface area contributed by atoms with Gasteiger partial charge in [0.05, 0.1) is 12.0 Å². The average Bonchev–Trinajstić information content (AvgIpc) is 2.91. The van der Waals surface area contributed by atoms with Gasteiger partial charge in [-0.3, -0.25) is 0 Å². The zero-order valence-electron chi connectivity index (χ0n) is 15.3. The van der Waals surface area contributed by atoms with Gasteiger partial charge in [0.25, 0.3) is 0 Å². The van der Waals surface area contributed by atoms with Crippen molar-refractivity contribution in [2.24, 2.45) is 0 Å². The molecule has 0 saturated heterocycles. The van der Waals surface area contributed by atoms with Crippen molar-refractivity contribution in [2.45, 2.75) is 39.2 Å². The Kier molecular flexibility index (Phi) is 6.22. The lowest BCUT2D eigenvalue weighted by atomic mass is 9.86. The van der Waals surface area contributed by atoms with Gasteiger partial charge in [-0.25, -0.2) is 4.79 Å². The van der Waals surface area contributed by atoms with E-state index in [9.17, 15) is 9.90 Å². The summed E-state index contributed by atoms with van der Waals surface area (Å²) in [6.45, 7) is 7.82. The average molecular weight is 393 g/mol. The standard InChI is InChI=1S/C20H21ClO4S/c1-12(13-8-6-7-9-14(13)21)25-17-16(20(2,3)4)15(10-11-24-5)26-18(17)19(22)23/h6-9,12H,1-5H3,(H,22,23)/t12-/m1/s1. The second-order valence-corrected chi connectivity index (χ2v) is 8.16. The van der Waals surface area contributed by atoms with Crippen LogP contribution in [0.3, 0.4) is 0 Å². The number of thiophene rings is 1. The van der Waals surface area contributed by atoms with Crippen LogP contribution in [0.25, 0.3) is 0 Å². The van der Waals surface area contributed by atoms with Crippen molar-refractivity contribution >= 4 is 28.9 Å². The number of carbonyl (C=O) groups is 1. The molecule has 0 radical (unpaired) electrons. The van der Waals surface area contributed by atoms with E-state index in [1.807, 2.05) is 45.9 Å². The highest BCUT2D eigenvalue weighted by Gasteiger charge is 2.32. The van der Waals surface area contributed by atoms with Gasteiger partial charge in [0.2, 0.25) is 0 Å². The third-order valence-electron chi connectivity index (χ3n) is 3.71. The highest BCUT2D eigenvalue weighted by molar-refractivity contribution is 7.15. The number of methoxy groups -OCH3 is 1. The van der Waals surface area contributed by atoms with E-state index >= 15 is 0 Å². The van der Waals surface area contributed by atoms with Gasteiger partial charge in [0.1, 0.15) is 12.2 Å². The van der Waals surface area contributed by atoms with Crippen molar-refractivity contribution in [1.82, 2.24) is 0 Å². The summed E-state index contributed by atoms with van der Waals surface area (Å²) in [5.74, 6) is 2.17. The van der Waals surface area contributed by atoms with Crippen LogP contribution in [-0.2, 0) is 10.2 Å². The molecule has 26 heavy (non-hydrogen) atoms. The molecule has 0 amide bonds. The molecule has 0 saturated carbocycles. The van der Waals surface area contributed by atoms with E-state index in [2.05, 4.69) is 12.0 Å². The molecule has 1 aromatic carbocycles. The summed E-state index contributed by atoms with van der Waals surface area (Å²) in [4.78, 5) is 12.5. The number of rotatable bonds is 4. The highest BCUT2D eigenvalue weighted by Crippen LogP contribution is 2.44. The zero-order chi connectivity index (χ0) is 19.5. The first-order chi connectivity index (χ1) is 12.2. The fourth-order valence-corrected chi connectivity index (χ4v) is 4.00. The molecular weight excluding hydrogens is 372 g/mol. The SMILES string of the molecule is COC#Cc1sc(C(=O)O)c(O[C@H](C)c2ccccc2Cl)c1C(C)(C)C. The predicted octanol–water partition coefficient (Wildman–Crippen LogP) is 5.49. The summed E-state index contributed by atoms with van der Waals surface area (Å²) in [5, 5.41) is 10.2. The lowest BCUT2D eigenvalue weighted by Crippen LogP contribution is -2.16. The number of benzene rings is 1. The monoisotopic (exact) mass is 392 g/mol. The smallest absolute Gasteiger partial charge is 0.349 e. The van der Waals surface area contributed by atoms with E-state index in [-0.39, 0.29) is 10.3 Å². The molecule has 2 rings (SSSR count). The molecule has 1 aromatic heterocycles. The van der Waals surface area contributed by atoms with Gasteiger partial charge in [-0.15, -0.1) is 11.3 Å². The first-order valence-electron chi connectivity index (χ1n) is 8.02. The Morgan fingerprint density at radius 2 is 1.96 bits per heavy atom. The van der Waals surface area contributed by atoms with Gasteiger partial charge < -0.3 is 14.6 Å². The van der Waals surface area contributed by atoms with Gasteiger partial charge >= 0.3 is 5.97 Å². The zero-order valence-corrected chi connectivity index (χ0v) is 16.9. The Labute approximate surface area is 162 Å². The van der Waals surface area contributed by atoms with Crippen molar-refractivity contribution < 1.29 is 19.4 Å². The Bertz CT molecular complexity index is 868. The Balaban J connectivity index is 2.60. The van der Waals surface area contributed by atoms with Crippen molar-refractivity contribution in [1.29, 1.82) is 0 Å². The molecule has 0 aliphatic heterocycles. The molecule has 0 unspecified atom stereocenters. The maximum Gasteiger partial charge on any atom is 0.349 e.